The Balaban J connectivity index is 2.00. The molecule has 0 heteroatoms. The van der Waals surface area contributed by atoms with Crippen molar-refractivity contribution in [2.45, 2.75) is 25.7 Å². The van der Waals surface area contributed by atoms with E-state index in [2.05, 4.69) is 74.2 Å². The summed E-state index contributed by atoms with van der Waals surface area (Å²) in [6.45, 7) is 6.37. The van der Waals surface area contributed by atoms with Gasteiger partial charge in [-0.05, 0) is 46.2 Å². The van der Waals surface area contributed by atoms with Gasteiger partial charge >= 0.3 is 0 Å². The van der Waals surface area contributed by atoms with Gasteiger partial charge in [-0.25, -0.2) is 0 Å². The summed E-state index contributed by atoms with van der Waals surface area (Å²) in [7, 11) is 0. The summed E-state index contributed by atoms with van der Waals surface area (Å²) in [6.07, 6.45) is 8.91. The SMILES string of the molecule is C=CC1c2ccccc2-c2cccc(C3=C(CC)CC=C3)c21. The lowest BCUT2D eigenvalue weighted by Gasteiger charge is -2.15. The Hall–Kier alpha value is -2.34. The van der Waals surface area contributed by atoms with Crippen LogP contribution in [-0.4, -0.2) is 0 Å². The predicted molar refractivity (Wildman–Crippen MR) is 94.9 cm³/mol. The minimum absolute atomic E-state index is 0.307. The Labute approximate surface area is 132 Å². The lowest BCUT2D eigenvalue weighted by Crippen LogP contribution is -1.97. The summed E-state index contributed by atoms with van der Waals surface area (Å²) in [5.74, 6) is 0.307. The molecule has 108 valence electrons. The van der Waals surface area contributed by atoms with Crippen LogP contribution in [0, 0.1) is 0 Å². The second kappa shape index (κ2) is 5.14. The highest BCUT2D eigenvalue weighted by Gasteiger charge is 2.29. The smallest absolute Gasteiger partial charge is 0.0285 e. The van der Waals surface area contributed by atoms with Crippen LogP contribution in [0.25, 0.3) is 16.7 Å². The first kappa shape index (κ1) is 13.3. The van der Waals surface area contributed by atoms with Crippen LogP contribution in [0.2, 0.25) is 0 Å². The fraction of sp³-hybridized carbons (Fsp3) is 0.182. The molecule has 0 saturated heterocycles. The van der Waals surface area contributed by atoms with Gasteiger partial charge < -0.3 is 0 Å². The van der Waals surface area contributed by atoms with Gasteiger partial charge in [-0.15, -0.1) is 6.58 Å². The normalized spacial score (nSPS) is 18.5. The second-order valence-corrected chi connectivity index (χ2v) is 6.04. The highest BCUT2D eigenvalue weighted by Crippen LogP contribution is 2.49. The third-order valence-electron chi connectivity index (χ3n) is 4.99. The molecule has 22 heavy (non-hydrogen) atoms. The van der Waals surface area contributed by atoms with Crippen LogP contribution in [0.15, 0.2) is 72.8 Å². The van der Waals surface area contributed by atoms with Crippen LogP contribution in [0.5, 0.6) is 0 Å². The van der Waals surface area contributed by atoms with Gasteiger partial charge in [0.2, 0.25) is 0 Å². The minimum Gasteiger partial charge on any atom is -0.102 e. The first-order valence-corrected chi connectivity index (χ1v) is 8.08. The van der Waals surface area contributed by atoms with Crippen LogP contribution in [-0.2, 0) is 0 Å². The molecule has 2 aliphatic rings. The van der Waals surface area contributed by atoms with Crippen molar-refractivity contribution in [1.29, 1.82) is 0 Å². The van der Waals surface area contributed by atoms with Crippen molar-refractivity contribution in [3.63, 3.8) is 0 Å². The molecule has 2 aromatic rings. The van der Waals surface area contributed by atoms with Gasteiger partial charge in [0.05, 0.1) is 0 Å². The zero-order chi connectivity index (χ0) is 15.1. The number of fused-ring (bicyclic) bond motifs is 3. The Morgan fingerprint density at radius 3 is 2.64 bits per heavy atom. The third-order valence-corrected chi connectivity index (χ3v) is 4.99. The molecule has 0 aromatic heterocycles. The van der Waals surface area contributed by atoms with Crippen LogP contribution in [0.4, 0.5) is 0 Å². The molecule has 0 radical (unpaired) electrons. The van der Waals surface area contributed by atoms with Crippen molar-refractivity contribution in [2.75, 3.05) is 0 Å². The van der Waals surface area contributed by atoms with Crippen molar-refractivity contribution >= 4 is 5.57 Å². The number of rotatable bonds is 3. The van der Waals surface area contributed by atoms with Crippen LogP contribution in [0.1, 0.15) is 42.4 Å². The molecule has 0 nitrogen and oxygen atoms in total. The van der Waals surface area contributed by atoms with Gasteiger partial charge in [0.1, 0.15) is 0 Å². The molecule has 0 bridgehead atoms. The topological polar surface area (TPSA) is 0 Å². The Bertz CT molecular complexity index is 818. The lowest BCUT2D eigenvalue weighted by molar-refractivity contribution is 1.04. The molecule has 0 N–H and O–H groups in total. The van der Waals surface area contributed by atoms with Crippen LogP contribution in [0.3, 0.4) is 0 Å². The second-order valence-electron chi connectivity index (χ2n) is 6.04. The monoisotopic (exact) mass is 284 g/mol. The zero-order valence-corrected chi connectivity index (χ0v) is 13.0. The molecule has 0 aliphatic heterocycles. The van der Waals surface area contributed by atoms with E-state index in [0.717, 1.165) is 12.8 Å². The molecule has 2 aliphatic carbocycles. The zero-order valence-electron chi connectivity index (χ0n) is 13.0. The number of benzene rings is 2. The van der Waals surface area contributed by atoms with Gasteiger partial charge in [-0.1, -0.05) is 73.2 Å². The average Bonchev–Trinajstić information content (AvgIpc) is 3.16. The summed E-state index contributed by atoms with van der Waals surface area (Å²) in [5, 5.41) is 0. The fourth-order valence-electron chi connectivity index (χ4n) is 3.95. The summed E-state index contributed by atoms with van der Waals surface area (Å²) >= 11 is 0. The molecule has 1 atom stereocenters. The predicted octanol–water partition coefficient (Wildman–Crippen LogP) is 6.11. The van der Waals surface area contributed by atoms with Gasteiger partial charge in [0.15, 0.2) is 0 Å². The number of hydrogen-bond donors (Lipinski definition) is 0. The van der Waals surface area contributed by atoms with E-state index in [0.29, 0.717) is 5.92 Å². The Morgan fingerprint density at radius 1 is 1.05 bits per heavy atom. The van der Waals surface area contributed by atoms with Gasteiger partial charge in [-0.2, -0.15) is 0 Å². The molecule has 0 spiro atoms. The van der Waals surface area contributed by atoms with E-state index < -0.39 is 0 Å². The molecular weight excluding hydrogens is 264 g/mol. The molecule has 0 amide bonds. The molecule has 0 fully saturated rings. The van der Waals surface area contributed by atoms with E-state index in [9.17, 15) is 0 Å². The van der Waals surface area contributed by atoms with E-state index in [4.69, 9.17) is 0 Å². The maximum Gasteiger partial charge on any atom is 0.0285 e. The van der Waals surface area contributed by atoms with Crippen LogP contribution < -0.4 is 0 Å². The molecule has 4 rings (SSSR count). The first-order valence-electron chi connectivity index (χ1n) is 8.08. The van der Waals surface area contributed by atoms with E-state index >= 15 is 0 Å². The summed E-state index contributed by atoms with van der Waals surface area (Å²) in [4.78, 5) is 0. The maximum atomic E-state index is 4.11. The lowest BCUT2D eigenvalue weighted by atomic mass is 9.88. The van der Waals surface area contributed by atoms with Crippen LogP contribution >= 0.6 is 0 Å². The van der Waals surface area contributed by atoms with Crippen molar-refractivity contribution in [3.05, 3.63) is 89.5 Å². The maximum absolute atomic E-state index is 4.11. The average molecular weight is 284 g/mol. The van der Waals surface area contributed by atoms with Crippen molar-refractivity contribution in [1.82, 2.24) is 0 Å². The molecular formula is C22H20. The van der Waals surface area contributed by atoms with Crippen molar-refractivity contribution in [2.24, 2.45) is 0 Å². The standard InChI is InChI=1S/C22H20/c1-3-15-9-7-12-17(15)20-13-8-14-21-19-11-6-5-10-18(19)16(4-2)22(20)21/h4-8,10-14,16H,2-3,9H2,1H3. The molecule has 0 heterocycles. The van der Waals surface area contributed by atoms with Gasteiger partial charge in [0, 0.05) is 5.92 Å². The van der Waals surface area contributed by atoms with E-state index in [1.807, 2.05) is 0 Å². The summed E-state index contributed by atoms with van der Waals surface area (Å²) < 4.78 is 0. The highest BCUT2D eigenvalue weighted by atomic mass is 14.3. The molecule has 1 unspecified atom stereocenters. The number of allylic oxidation sites excluding steroid dienone is 5. The molecule has 0 saturated carbocycles. The summed E-state index contributed by atoms with van der Waals surface area (Å²) in [6, 6.07) is 15.5. The van der Waals surface area contributed by atoms with E-state index in [1.54, 1.807) is 5.57 Å². The quantitative estimate of drug-likeness (QED) is 0.597. The third kappa shape index (κ3) is 1.77. The Morgan fingerprint density at radius 2 is 1.82 bits per heavy atom. The van der Waals surface area contributed by atoms with Crippen molar-refractivity contribution < 1.29 is 0 Å². The molecule has 2 aromatic carbocycles. The Kier molecular flexibility index (Phi) is 3.11. The number of hydrogen-bond acceptors (Lipinski definition) is 0. The van der Waals surface area contributed by atoms with E-state index in [1.165, 1.54) is 33.4 Å². The van der Waals surface area contributed by atoms with Crippen molar-refractivity contribution in [3.8, 4) is 11.1 Å². The largest absolute Gasteiger partial charge is 0.102 e. The van der Waals surface area contributed by atoms with E-state index in [-0.39, 0.29) is 0 Å². The van der Waals surface area contributed by atoms with Gasteiger partial charge in [-0.3, -0.25) is 0 Å². The minimum atomic E-state index is 0.307. The first-order chi connectivity index (χ1) is 10.8. The van der Waals surface area contributed by atoms with Gasteiger partial charge in [0.25, 0.3) is 0 Å². The fourth-order valence-corrected chi connectivity index (χ4v) is 3.95. The highest BCUT2D eigenvalue weighted by molar-refractivity contribution is 5.89. The summed E-state index contributed by atoms with van der Waals surface area (Å²) in [5.41, 5.74) is 9.94.